The van der Waals surface area contributed by atoms with Crippen molar-refractivity contribution in [2.24, 2.45) is 5.92 Å². The standard InChI is InChI=1S/C22H27N5O2/c1-25(9-16-5-7-29-15-16)12-18-2-3-21-19-8-17(11-27(21)22(18)28)10-26(13-19)14-20-4-6-23-24-20/h2-7,15,17,19H,8-14H2,1H3,(H,23,24)/t17-,19+/m0/s1. The van der Waals surface area contributed by atoms with Gasteiger partial charge in [-0.3, -0.25) is 19.7 Å². The van der Waals surface area contributed by atoms with Crippen molar-refractivity contribution in [2.75, 3.05) is 20.1 Å². The number of likely N-dealkylation sites (tertiary alicyclic amines) is 1. The van der Waals surface area contributed by atoms with Crippen LogP contribution >= 0.6 is 0 Å². The van der Waals surface area contributed by atoms with Crippen molar-refractivity contribution < 1.29 is 4.42 Å². The van der Waals surface area contributed by atoms with Gasteiger partial charge in [0.15, 0.2) is 0 Å². The average molecular weight is 393 g/mol. The number of rotatable bonds is 6. The molecule has 7 nitrogen and oxygen atoms in total. The van der Waals surface area contributed by atoms with Crippen molar-refractivity contribution in [1.82, 2.24) is 24.6 Å². The first-order valence-electron chi connectivity index (χ1n) is 10.3. The summed E-state index contributed by atoms with van der Waals surface area (Å²) in [5.74, 6) is 0.955. The minimum Gasteiger partial charge on any atom is -0.472 e. The summed E-state index contributed by atoms with van der Waals surface area (Å²) in [6, 6.07) is 8.22. The van der Waals surface area contributed by atoms with Gasteiger partial charge >= 0.3 is 0 Å². The lowest BCUT2D eigenvalue weighted by molar-refractivity contribution is 0.113. The number of hydrogen-bond donors (Lipinski definition) is 1. The number of aromatic amines is 1. The number of H-pyrrole nitrogens is 1. The van der Waals surface area contributed by atoms with Gasteiger partial charge in [-0.1, -0.05) is 6.07 Å². The Balaban J connectivity index is 1.32. The van der Waals surface area contributed by atoms with Gasteiger partial charge in [-0.15, -0.1) is 0 Å². The van der Waals surface area contributed by atoms with Crippen LogP contribution in [0.5, 0.6) is 0 Å². The van der Waals surface area contributed by atoms with E-state index in [9.17, 15) is 4.79 Å². The molecule has 2 atom stereocenters. The van der Waals surface area contributed by atoms with Crippen molar-refractivity contribution in [3.63, 3.8) is 0 Å². The third kappa shape index (κ3) is 3.80. The second kappa shape index (κ2) is 7.65. The van der Waals surface area contributed by atoms with Gasteiger partial charge in [-0.05, 0) is 37.6 Å². The van der Waals surface area contributed by atoms with Crippen LogP contribution in [0.1, 0.15) is 34.9 Å². The fourth-order valence-electron chi connectivity index (χ4n) is 4.99. The fourth-order valence-corrected chi connectivity index (χ4v) is 4.99. The molecular weight excluding hydrogens is 366 g/mol. The van der Waals surface area contributed by atoms with Crippen LogP contribution in [0.4, 0.5) is 0 Å². The van der Waals surface area contributed by atoms with E-state index in [1.54, 1.807) is 18.7 Å². The van der Waals surface area contributed by atoms with Crippen LogP contribution in [0.15, 0.2) is 52.2 Å². The van der Waals surface area contributed by atoms with Crippen LogP contribution in [0.3, 0.4) is 0 Å². The number of nitrogens with zero attached hydrogens (tertiary/aromatic N) is 4. The lowest BCUT2D eigenvalue weighted by Gasteiger charge is -2.42. The molecule has 2 aliphatic rings. The molecule has 1 saturated heterocycles. The smallest absolute Gasteiger partial charge is 0.255 e. The molecule has 3 aromatic heterocycles. The minimum atomic E-state index is 0.179. The maximum absolute atomic E-state index is 13.2. The van der Waals surface area contributed by atoms with E-state index < -0.39 is 0 Å². The molecule has 3 aromatic rings. The number of nitrogens with one attached hydrogen (secondary N) is 1. The lowest BCUT2D eigenvalue weighted by Crippen LogP contribution is -2.47. The van der Waals surface area contributed by atoms with E-state index in [0.717, 1.165) is 49.5 Å². The topological polar surface area (TPSA) is 70.3 Å². The van der Waals surface area contributed by atoms with Gasteiger partial charge in [0.2, 0.25) is 0 Å². The van der Waals surface area contributed by atoms with Crippen LogP contribution in [-0.2, 0) is 26.2 Å². The van der Waals surface area contributed by atoms with Crippen LogP contribution in [0.2, 0.25) is 0 Å². The van der Waals surface area contributed by atoms with Gasteiger partial charge in [0, 0.05) is 73.9 Å². The monoisotopic (exact) mass is 393 g/mol. The molecule has 0 unspecified atom stereocenters. The molecule has 0 aliphatic carbocycles. The molecule has 0 spiro atoms. The minimum absolute atomic E-state index is 0.179. The van der Waals surface area contributed by atoms with E-state index in [-0.39, 0.29) is 5.56 Å². The Bertz CT molecular complexity index is 1010. The maximum Gasteiger partial charge on any atom is 0.255 e. The summed E-state index contributed by atoms with van der Waals surface area (Å²) in [4.78, 5) is 17.9. The summed E-state index contributed by atoms with van der Waals surface area (Å²) in [5, 5.41) is 7.12. The SMILES string of the molecule is CN(Cc1ccoc1)Cc1ccc2n(c1=O)C[C@H]1C[C@@H]2CN(Cc2ccn[nH]2)C1. The van der Waals surface area contributed by atoms with Crippen molar-refractivity contribution >= 4 is 0 Å². The highest BCUT2D eigenvalue weighted by atomic mass is 16.3. The number of aromatic nitrogens is 3. The molecule has 1 fully saturated rings. The second-order valence-electron chi connectivity index (χ2n) is 8.58. The molecule has 0 amide bonds. The number of furan rings is 1. The number of fused-ring (bicyclic) bond motifs is 4. The van der Waals surface area contributed by atoms with E-state index in [1.807, 2.05) is 29.8 Å². The maximum atomic E-state index is 13.2. The quantitative estimate of drug-likeness (QED) is 0.696. The average Bonchev–Trinajstić information content (AvgIpc) is 3.39. The highest BCUT2D eigenvalue weighted by molar-refractivity contribution is 5.22. The van der Waals surface area contributed by atoms with Gasteiger partial charge < -0.3 is 8.98 Å². The molecule has 29 heavy (non-hydrogen) atoms. The summed E-state index contributed by atoms with van der Waals surface area (Å²) in [6.07, 6.45) is 6.43. The predicted octanol–water partition coefficient (Wildman–Crippen LogP) is 2.42. The summed E-state index contributed by atoms with van der Waals surface area (Å²) >= 11 is 0. The number of pyridine rings is 1. The molecule has 2 bridgehead atoms. The Morgan fingerprint density at radius 3 is 2.93 bits per heavy atom. The zero-order valence-electron chi connectivity index (χ0n) is 16.8. The fraction of sp³-hybridized carbons (Fsp3) is 0.455. The van der Waals surface area contributed by atoms with E-state index in [4.69, 9.17) is 4.42 Å². The molecule has 7 heteroatoms. The highest BCUT2D eigenvalue weighted by Gasteiger charge is 2.35. The van der Waals surface area contributed by atoms with E-state index in [1.165, 1.54) is 12.1 Å². The molecule has 0 aromatic carbocycles. The molecule has 1 N–H and O–H groups in total. The van der Waals surface area contributed by atoms with Gasteiger partial charge in [-0.25, -0.2) is 0 Å². The molecule has 2 aliphatic heterocycles. The first-order chi connectivity index (χ1) is 14.2. The molecule has 5 heterocycles. The summed E-state index contributed by atoms with van der Waals surface area (Å²) < 4.78 is 7.19. The first-order valence-corrected chi connectivity index (χ1v) is 10.3. The van der Waals surface area contributed by atoms with Gasteiger partial charge in [0.1, 0.15) is 0 Å². The zero-order chi connectivity index (χ0) is 19.8. The van der Waals surface area contributed by atoms with E-state index in [0.29, 0.717) is 18.4 Å². The summed E-state index contributed by atoms with van der Waals surface area (Å²) in [6.45, 7) is 5.16. The Morgan fingerprint density at radius 2 is 2.14 bits per heavy atom. The third-order valence-corrected chi connectivity index (χ3v) is 6.18. The normalized spacial score (nSPS) is 21.4. The molecule has 0 saturated carbocycles. The Kier molecular flexibility index (Phi) is 4.85. The Hall–Kier alpha value is -2.64. The van der Waals surface area contributed by atoms with Gasteiger partial charge in [0.05, 0.1) is 12.5 Å². The highest BCUT2D eigenvalue weighted by Crippen LogP contribution is 2.35. The number of piperidine rings is 1. The van der Waals surface area contributed by atoms with Gasteiger partial charge in [0.25, 0.3) is 5.56 Å². The molecule has 5 rings (SSSR count). The van der Waals surface area contributed by atoms with Crippen LogP contribution < -0.4 is 5.56 Å². The van der Waals surface area contributed by atoms with Gasteiger partial charge in [-0.2, -0.15) is 5.10 Å². The summed E-state index contributed by atoms with van der Waals surface area (Å²) in [5.41, 5.74) is 4.52. The third-order valence-electron chi connectivity index (χ3n) is 6.18. The van der Waals surface area contributed by atoms with Crippen molar-refractivity contribution in [2.45, 2.75) is 38.5 Å². The Morgan fingerprint density at radius 1 is 1.21 bits per heavy atom. The van der Waals surface area contributed by atoms with Crippen LogP contribution in [0.25, 0.3) is 0 Å². The number of hydrogen-bond acceptors (Lipinski definition) is 5. The van der Waals surface area contributed by atoms with Crippen molar-refractivity contribution in [1.29, 1.82) is 0 Å². The predicted molar refractivity (Wildman–Crippen MR) is 109 cm³/mol. The largest absolute Gasteiger partial charge is 0.472 e. The zero-order valence-corrected chi connectivity index (χ0v) is 16.8. The van der Waals surface area contributed by atoms with Crippen molar-refractivity contribution in [3.8, 4) is 0 Å². The Labute approximate surface area is 169 Å². The molecular formula is C22H27N5O2. The van der Waals surface area contributed by atoms with Crippen LogP contribution in [0, 0.1) is 5.92 Å². The van der Waals surface area contributed by atoms with E-state index >= 15 is 0 Å². The second-order valence-corrected chi connectivity index (χ2v) is 8.58. The van der Waals surface area contributed by atoms with E-state index in [2.05, 4.69) is 26.1 Å². The first kappa shape index (κ1) is 18.4. The van der Waals surface area contributed by atoms with Crippen molar-refractivity contribution in [3.05, 3.63) is 75.9 Å². The lowest BCUT2D eigenvalue weighted by atomic mass is 9.83. The molecule has 0 radical (unpaired) electrons. The molecule has 152 valence electrons. The van der Waals surface area contributed by atoms with Crippen LogP contribution in [-0.4, -0.2) is 44.7 Å². The summed E-state index contributed by atoms with van der Waals surface area (Å²) in [7, 11) is 2.04.